The average Bonchev–Trinajstić information content (AvgIpc) is 3.14. The maximum atomic E-state index is 12.1. The number of hydrogen-bond acceptors (Lipinski definition) is 6. The Morgan fingerprint density at radius 2 is 1.76 bits per heavy atom. The molecule has 0 unspecified atom stereocenters. The summed E-state index contributed by atoms with van der Waals surface area (Å²) in [7, 11) is 0. The number of ketones is 1. The lowest BCUT2D eigenvalue weighted by Gasteiger charge is -2.14. The molecule has 0 saturated carbocycles. The molecule has 1 aromatic carbocycles. The summed E-state index contributed by atoms with van der Waals surface area (Å²) in [6, 6.07) is 3.10. The van der Waals surface area contributed by atoms with E-state index < -0.39 is 0 Å². The highest BCUT2D eigenvalue weighted by atomic mass is 16.7. The second-order valence-electron chi connectivity index (χ2n) is 5.90. The van der Waals surface area contributed by atoms with Gasteiger partial charge in [0.05, 0.1) is 5.69 Å². The predicted molar refractivity (Wildman–Crippen MR) is 86.4 cm³/mol. The van der Waals surface area contributed by atoms with Gasteiger partial charge < -0.3 is 14.8 Å². The first-order valence-electron chi connectivity index (χ1n) is 8.03. The summed E-state index contributed by atoms with van der Waals surface area (Å²) in [4.78, 5) is 48.2. The molecule has 0 radical (unpaired) electrons. The number of carbonyl (C=O) groups excluding carboxylic acids is 4. The number of amides is 3. The van der Waals surface area contributed by atoms with E-state index in [0.717, 1.165) is 0 Å². The summed E-state index contributed by atoms with van der Waals surface area (Å²) in [5.41, 5.74) is 0.692. The van der Waals surface area contributed by atoms with Crippen molar-refractivity contribution in [3.8, 4) is 11.5 Å². The van der Waals surface area contributed by atoms with Crippen LogP contribution in [0.15, 0.2) is 12.1 Å². The molecule has 2 heterocycles. The van der Waals surface area contributed by atoms with E-state index >= 15 is 0 Å². The standard InChI is InChI=1S/C17H18N2O6/c1-10(20)11-7-13-14(25-9-24-13)8-12(11)18-15(21)3-2-6-19-16(22)4-5-17(19)23/h7-8H,2-6,9H2,1H3,(H,18,21). The van der Waals surface area contributed by atoms with Crippen molar-refractivity contribution in [1.82, 2.24) is 4.90 Å². The highest BCUT2D eigenvalue weighted by Crippen LogP contribution is 2.37. The molecule has 3 amide bonds. The van der Waals surface area contributed by atoms with Crippen LogP contribution in [-0.4, -0.2) is 41.7 Å². The van der Waals surface area contributed by atoms with Gasteiger partial charge in [0.15, 0.2) is 17.3 Å². The smallest absolute Gasteiger partial charge is 0.231 e. The van der Waals surface area contributed by atoms with Crippen LogP contribution in [0.25, 0.3) is 0 Å². The van der Waals surface area contributed by atoms with Gasteiger partial charge in [0.2, 0.25) is 24.5 Å². The lowest BCUT2D eigenvalue weighted by Crippen LogP contribution is -2.30. The van der Waals surface area contributed by atoms with Crippen molar-refractivity contribution in [2.24, 2.45) is 0 Å². The van der Waals surface area contributed by atoms with E-state index in [1.165, 1.54) is 11.8 Å². The average molecular weight is 346 g/mol. The molecular formula is C17H18N2O6. The molecule has 0 aliphatic carbocycles. The molecule has 2 aliphatic heterocycles. The Bertz CT molecular complexity index is 742. The van der Waals surface area contributed by atoms with Crippen molar-refractivity contribution < 1.29 is 28.7 Å². The predicted octanol–water partition coefficient (Wildman–Crippen LogP) is 1.49. The van der Waals surface area contributed by atoms with Gasteiger partial charge in [-0.2, -0.15) is 0 Å². The Balaban J connectivity index is 1.60. The normalized spacial score (nSPS) is 15.6. The molecule has 1 aromatic rings. The zero-order chi connectivity index (χ0) is 18.0. The topological polar surface area (TPSA) is 102 Å². The molecule has 1 saturated heterocycles. The minimum absolute atomic E-state index is 0.0714. The second kappa shape index (κ2) is 6.92. The minimum Gasteiger partial charge on any atom is -0.454 e. The number of benzene rings is 1. The van der Waals surface area contributed by atoms with Gasteiger partial charge in [-0.25, -0.2) is 0 Å². The van der Waals surface area contributed by atoms with Crippen LogP contribution in [0, 0.1) is 0 Å². The van der Waals surface area contributed by atoms with Gasteiger partial charge in [0.1, 0.15) is 0 Å². The van der Waals surface area contributed by atoms with Crippen LogP contribution in [0.3, 0.4) is 0 Å². The third-order valence-corrected chi connectivity index (χ3v) is 4.11. The number of imide groups is 1. The molecule has 1 N–H and O–H groups in total. The first kappa shape index (κ1) is 16.9. The summed E-state index contributed by atoms with van der Waals surface area (Å²) in [6.07, 6.45) is 0.973. The van der Waals surface area contributed by atoms with Crippen molar-refractivity contribution in [3.05, 3.63) is 17.7 Å². The number of Topliss-reactive ketones (excluding diaryl/α,β-unsaturated/α-hetero) is 1. The van der Waals surface area contributed by atoms with Crippen LogP contribution in [0.1, 0.15) is 43.0 Å². The van der Waals surface area contributed by atoms with Crippen LogP contribution in [-0.2, 0) is 14.4 Å². The van der Waals surface area contributed by atoms with Crippen molar-refractivity contribution >= 4 is 29.2 Å². The molecular weight excluding hydrogens is 328 g/mol. The first-order chi connectivity index (χ1) is 12.0. The Hall–Kier alpha value is -2.90. The fourth-order valence-electron chi connectivity index (χ4n) is 2.82. The molecule has 0 spiro atoms. The number of fused-ring (bicyclic) bond motifs is 1. The van der Waals surface area contributed by atoms with Gasteiger partial charge in [0.25, 0.3) is 0 Å². The number of carbonyl (C=O) groups is 4. The molecule has 0 atom stereocenters. The number of nitrogens with zero attached hydrogens (tertiary/aromatic N) is 1. The van der Waals surface area contributed by atoms with Crippen molar-refractivity contribution in [2.45, 2.75) is 32.6 Å². The van der Waals surface area contributed by atoms with Gasteiger partial charge in [-0.3, -0.25) is 24.1 Å². The van der Waals surface area contributed by atoms with Gasteiger partial charge in [-0.05, 0) is 19.4 Å². The molecule has 8 heteroatoms. The number of nitrogens with one attached hydrogen (secondary N) is 1. The highest BCUT2D eigenvalue weighted by molar-refractivity contribution is 6.05. The van der Waals surface area contributed by atoms with Crippen LogP contribution in [0.5, 0.6) is 11.5 Å². The summed E-state index contributed by atoms with van der Waals surface area (Å²) in [5, 5.41) is 2.69. The molecule has 1 fully saturated rings. The van der Waals surface area contributed by atoms with Crippen molar-refractivity contribution in [3.63, 3.8) is 0 Å². The largest absolute Gasteiger partial charge is 0.454 e. The van der Waals surface area contributed by atoms with Crippen LogP contribution in [0.4, 0.5) is 5.69 Å². The van der Waals surface area contributed by atoms with Gasteiger partial charge in [-0.1, -0.05) is 0 Å². The Labute approximate surface area is 144 Å². The third-order valence-electron chi connectivity index (χ3n) is 4.11. The van der Waals surface area contributed by atoms with E-state index in [2.05, 4.69) is 5.32 Å². The quantitative estimate of drug-likeness (QED) is 0.618. The zero-order valence-corrected chi connectivity index (χ0v) is 13.8. The van der Waals surface area contributed by atoms with E-state index in [1.807, 2.05) is 0 Å². The van der Waals surface area contributed by atoms with Gasteiger partial charge in [-0.15, -0.1) is 0 Å². The molecule has 25 heavy (non-hydrogen) atoms. The summed E-state index contributed by atoms with van der Waals surface area (Å²) in [6.45, 7) is 1.70. The van der Waals surface area contributed by atoms with Gasteiger partial charge >= 0.3 is 0 Å². The fraction of sp³-hybridized carbons (Fsp3) is 0.412. The number of rotatable bonds is 6. The zero-order valence-electron chi connectivity index (χ0n) is 13.8. The Morgan fingerprint density at radius 3 is 2.40 bits per heavy atom. The number of ether oxygens (including phenoxy) is 2. The van der Waals surface area contributed by atoms with E-state index in [0.29, 0.717) is 29.2 Å². The molecule has 3 rings (SSSR count). The second-order valence-corrected chi connectivity index (χ2v) is 5.90. The summed E-state index contributed by atoms with van der Waals surface area (Å²) >= 11 is 0. The monoisotopic (exact) mass is 346 g/mol. The van der Waals surface area contributed by atoms with Crippen LogP contribution < -0.4 is 14.8 Å². The molecule has 2 aliphatic rings. The van der Waals surface area contributed by atoms with E-state index in [1.54, 1.807) is 12.1 Å². The van der Waals surface area contributed by atoms with Crippen molar-refractivity contribution in [2.75, 3.05) is 18.7 Å². The first-order valence-corrected chi connectivity index (χ1v) is 8.03. The van der Waals surface area contributed by atoms with Crippen LogP contribution >= 0.6 is 0 Å². The third kappa shape index (κ3) is 3.62. The Morgan fingerprint density at radius 1 is 1.12 bits per heavy atom. The van der Waals surface area contributed by atoms with Gasteiger partial charge in [0, 0.05) is 37.4 Å². The van der Waals surface area contributed by atoms with E-state index in [4.69, 9.17) is 9.47 Å². The maximum absolute atomic E-state index is 12.1. The molecule has 132 valence electrons. The number of likely N-dealkylation sites (tertiary alicyclic amines) is 1. The molecule has 0 aromatic heterocycles. The minimum atomic E-state index is -0.305. The lowest BCUT2D eigenvalue weighted by molar-refractivity contribution is -0.138. The molecule has 8 nitrogen and oxygen atoms in total. The number of hydrogen-bond donors (Lipinski definition) is 1. The lowest BCUT2D eigenvalue weighted by atomic mass is 10.1. The Kier molecular flexibility index (Phi) is 4.69. The number of anilines is 1. The van der Waals surface area contributed by atoms with E-state index in [9.17, 15) is 19.2 Å². The van der Waals surface area contributed by atoms with Crippen LogP contribution in [0.2, 0.25) is 0 Å². The highest BCUT2D eigenvalue weighted by Gasteiger charge is 2.28. The SMILES string of the molecule is CC(=O)c1cc2c(cc1NC(=O)CCCN1C(=O)CCC1=O)OCO2. The van der Waals surface area contributed by atoms with Crippen molar-refractivity contribution in [1.29, 1.82) is 0 Å². The summed E-state index contributed by atoms with van der Waals surface area (Å²) in [5.74, 6) is 0.0326. The summed E-state index contributed by atoms with van der Waals surface area (Å²) < 4.78 is 10.5. The fourth-order valence-corrected chi connectivity index (χ4v) is 2.82. The maximum Gasteiger partial charge on any atom is 0.231 e. The molecule has 0 bridgehead atoms. The van der Waals surface area contributed by atoms with E-state index in [-0.39, 0.29) is 56.1 Å².